The summed E-state index contributed by atoms with van der Waals surface area (Å²) in [5, 5.41) is 24.5. The zero-order chi connectivity index (χ0) is 24.0. The van der Waals surface area contributed by atoms with E-state index in [1.807, 2.05) is 67.1 Å². The molecule has 0 spiro atoms. The topological polar surface area (TPSA) is 77.4 Å². The van der Waals surface area contributed by atoms with Crippen molar-refractivity contribution < 1.29 is 0 Å². The molecule has 0 saturated heterocycles. The van der Waals surface area contributed by atoms with Crippen molar-refractivity contribution in [3.63, 3.8) is 0 Å². The van der Waals surface area contributed by atoms with Gasteiger partial charge in [-0.05, 0) is 51.7 Å². The molecule has 0 unspecified atom stereocenters. The highest BCUT2D eigenvalue weighted by molar-refractivity contribution is 5.97. The lowest BCUT2D eigenvalue weighted by Crippen LogP contribution is -2.16. The number of aromatic nitrogens is 2. The molecule has 1 heterocycles. The molecule has 5 rings (SSSR count). The fourth-order valence-electron chi connectivity index (χ4n) is 4.34. The molecule has 0 radical (unpaired) electrons. The van der Waals surface area contributed by atoms with E-state index in [1.54, 1.807) is 0 Å². The molecule has 0 saturated carbocycles. The van der Waals surface area contributed by atoms with Crippen LogP contribution in [-0.4, -0.2) is 9.55 Å². The molecule has 5 aromatic rings. The first-order valence-electron chi connectivity index (χ1n) is 11.4. The van der Waals surface area contributed by atoms with Gasteiger partial charge in [-0.25, -0.2) is 4.98 Å². The van der Waals surface area contributed by atoms with Crippen LogP contribution in [0.15, 0.2) is 97.5 Å². The van der Waals surface area contributed by atoms with Gasteiger partial charge in [0.2, 0.25) is 0 Å². The van der Waals surface area contributed by atoms with E-state index in [0.717, 1.165) is 38.7 Å². The second kappa shape index (κ2) is 10.1. The van der Waals surface area contributed by atoms with Crippen molar-refractivity contribution in [3.8, 4) is 23.3 Å². The summed E-state index contributed by atoms with van der Waals surface area (Å²) < 4.78 is 2.11. The predicted octanol–water partition coefficient (Wildman–Crippen LogP) is 5.78. The van der Waals surface area contributed by atoms with Crippen LogP contribution in [-0.2, 0) is 19.6 Å². The molecule has 4 aromatic carbocycles. The normalized spacial score (nSPS) is 10.7. The third-order valence-electron chi connectivity index (χ3n) is 6.15. The highest BCUT2D eigenvalue weighted by Gasteiger charge is 2.10. The molecule has 5 nitrogen and oxygen atoms in total. The number of nitrogens with one attached hydrogen (secondary N) is 1. The van der Waals surface area contributed by atoms with E-state index in [-0.39, 0.29) is 0 Å². The lowest BCUT2D eigenvalue weighted by Gasteiger charge is -2.12. The Morgan fingerprint density at radius 1 is 0.771 bits per heavy atom. The van der Waals surface area contributed by atoms with Crippen molar-refractivity contribution in [2.24, 2.45) is 0 Å². The molecule has 0 aliphatic rings. The van der Waals surface area contributed by atoms with Crippen molar-refractivity contribution in [2.45, 2.75) is 19.6 Å². The van der Waals surface area contributed by atoms with Gasteiger partial charge in [-0.2, -0.15) is 10.5 Å². The molecule has 168 valence electrons. The molecule has 5 heteroatoms. The summed E-state index contributed by atoms with van der Waals surface area (Å²) in [7, 11) is 0. The maximum atomic E-state index is 9.73. The largest absolute Gasteiger partial charge is 0.329 e. The standard InChI is InChI=1S/C30H23N5/c31-15-22-8-10-23(11-9-22)20-35-21-34-19-27(35)18-33-17-24-12-13-26(16-32)30(14-24)29-7-3-5-25-4-1-2-6-28(25)29/h1-14,19,21,33H,17-18,20H2. The van der Waals surface area contributed by atoms with Crippen LogP contribution in [0.25, 0.3) is 21.9 Å². The van der Waals surface area contributed by atoms with Gasteiger partial charge in [0.05, 0.1) is 35.3 Å². The Balaban J connectivity index is 1.31. The molecule has 1 N–H and O–H groups in total. The van der Waals surface area contributed by atoms with Gasteiger partial charge in [0.1, 0.15) is 0 Å². The van der Waals surface area contributed by atoms with Gasteiger partial charge in [-0.3, -0.25) is 0 Å². The zero-order valence-electron chi connectivity index (χ0n) is 19.1. The summed E-state index contributed by atoms with van der Waals surface area (Å²) in [6, 6.07) is 32.6. The number of hydrogen-bond acceptors (Lipinski definition) is 4. The first-order valence-corrected chi connectivity index (χ1v) is 11.4. The minimum Gasteiger partial charge on any atom is -0.329 e. The minimum absolute atomic E-state index is 0.659. The Kier molecular flexibility index (Phi) is 6.35. The average Bonchev–Trinajstić information content (AvgIpc) is 3.35. The lowest BCUT2D eigenvalue weighted by molar-refractivity contribution is 0.637. The van der Waals surface area contributed by atoms with E-state index in [1.165, 1.54) is 0 Å². The van der Waals surface area contributed by atoms with Crippen LogP contribution in [0.1, 0.15) is 27.9 Å². The van der Waals surface area contributed by atoms with Crippen LogP contribution >= 0.6 is 0 Å². The van der Waals surface area contributed by atoms with E-state index in [0.29, 0.717) is 30.8 Å². The Labute approximate surface area is 204 Å². The molecule has 0 bridgehead atoms. The van der Waals surface area contributed by atoms with Crippen LogP contribution < -0.4 is 5.32 Å². The van der Waals surface area contributed by atoms with Gasteiger partial charge in [0, 0.05) is 31.4 Å². The maximum Gasteiger partial charge on any atom is 0.0998 e. The molecule has 0 fully saturated rings. The summed E-state index contributed by atoms with van der Waals surface area (Å²) in [6.07, 6.45) is 3.70. The predicted molar refractivity (Wildman–Crippen MR) is 137 cm³/mol. The SMILES string of the molecule is N#Cc1ccc(Cn2cncc2CNCc2ccc(C#N)c(-c3cccc4ccccc34)c2)cc1. The lowest BCUT2D eigenvalue weighted by atomic mass is 9.93. The van der Waals surface area contributed by atoms with Gasteiger partial charge in [0.15, 0.2) is 0 Å². The monoisotopic (exact) mass is 453 g/mol. The fourth-order valence-corrected chi connectivity index (χ4v) is 4.34. The third kappa shape index (κ3) is 4.82. The van der Waals surface area contributed by atoms with Gasteiger partial charge in [-0.1, -0.05) is 60.7 Å². The number of benzene rings is 4. The smallest absolute Gasteiger partial charge is 0.0998 e. The second-order valence-electron chi connectivity index (χ2n) is 8.44. The highest BCUT2D eigenvalue weighted by atomic mass is 15.1. The molecular weight excluding hydrogens is 430 g/mol. The summed E-state index contributed by atoms with van der Waals surface area (Å²) in [6.45, 7) is 2.04. The van der Waals surface area contributed by atoms with Crippen LogP contribution in [0.3, 0.4) is 0 Å². The molecule has 1 aromatic heterocycles. The Morgan fingerprint density at radius 2 is 1.57 bits per heavy atom. The van der Waals surface area contributed by atoms with E-state index in [2.05, 4.69) is 57.3 Å². The number of hydrogen-bond donors (Lipinski definition) is 1. The summed E-state index contributed by atoms with van der Waals surface area (Å²) in [4.78, 5) is 4.32. The fraction of sp³-hybridized carbons (Fsp3) is 0.100. The summed E-state index contributed by atoms with van der Waals surface area (Å²) in [5.41, 5.74) is 6.67. The second-order valence-corrected chi connectivity index (χ2v) is 8.44. The van der Waals surface area contributed by atoms with E-state index >= 15 is 0 Å². The van der Waals surface area contributed by atoms with E-state index in [4.69, 9.17) is 5.26 Å². The van der Waals surface area contributed by atoms with Crippen LogP contribution in [0, 0.1) is 22.7 Å². The van der Waals surface area contributed by atoms with Gasteiger partial charge in [-0.15, -0.1) is 0 Å². The highest BCUT2D eigenvalue weighted by Crippen LogP contribution is 2.31. The first kappa shape index (κ1) is 22.1. The van der Waals surface area contributed by atoms with Crippen LogP contribution in [0.5, 0.6) is 0 Å². The molecule has 0 aliphatic heterocycles. The summed E-state index contributed by atoms with van der Waals surface area (Å²) >= 11 is 0. The first-order chi connectivity index (χ1) is 17.2. The van der Waals surface area contributed by atoms with Crippen LogP contribution in [0.4, 0.5) is 0 Å². The number of nitrogens with zero attached hydrogens (tertiary/aromatic N) is 4. The molecule has 0 atom stereocenters. The molecule has 0 amide bonds. The van der Waals surface area contributed by atoms with E-state index in [9.17, 15) is 5.26 Å². The van der Waals surface area contributed by atoms with Crippen molar-refractivity contribution >= 4 is 10.8 Å². The van der Waals surface area contributed by atoms with E-state index < -0.39 is 0 Å². The Hall–Kier alpha value is -4.71. The number of imidazole rings is 1. The van der Waals surface area contributed by atoms with Gasteiger partial charge >= 0.3 is 0 Å². The minimum atomic E-state index is 0.659. The zero-order valence-corrected chi connectivity index (χ0v) is 19.1. The van der Waals surface area contributed by atoms with Crippen molar-refractivity contribution in [2.75, 3.05) is 0 Å². The third-order valence-corrected chi connectivity index (χ3v) is 6.15. The number of rotatable bonds is 7. The quantitative estimate of drug-likeness (QED) is 0.339. The summed E-state index contributed by atoms with van der Waals surface area (Å²) in [5.74, 6) is 0. The van der Waals surface area contributed by atoms with Gasteiger partial charge in [0.25, 0.3) is 0 Å². The Morgan fingerprint density at radius 3 is 2.40 bits per heavy atom. The Bertz CT molecular complexity index is 1560. The number of nitriles is 2. The number of fused-ring (bicyclic) bond motifs is 1. The van der Waals surface area contributed by atoms with Crippen LogP contribution in [0.2, 0.25) is 0 Å². The van der Waals surface area contributed by atoms with Crippen molar-refractivity contribution in [1.29, 1.82) is 10.5 Å². The molecule has 35 heavy (non-hydrogen) atoms. The molecule has 0 aliphatic carbocycles. The van der Waals surface area contributed by atoms with Crippen molar-refractivity contribution in [3.05, 3.63) is 125 Å². The maximum absolute atomic E-state index is 9.73. The molecular formula is C30H23N5. The average molecular weight is 454 g/mol. The van der Waals surface area contributed by atoms with Gasteiger partial charge < -0.3 is 9.88 Å². The van der Waals surface area contributed by atoms with Crippen molar-refractivity contribution in [1.82, 2.24) is 14.9 Å².